The van der Waals surface area contributed by atoms with E-state index < -0.39 is 0 Å². The van der Waals surface area contributed by atoms with Crippen LogP contribution >= 0.6 is 0 Å². The first-order chi connectivity index (χ1) is 7.11. The van der Waals surface area contributed by atoms with Gasteiger partial charge >= 0.3 is 0 Å². The highest BCUT2D eigenvalue weighted by Gasteiger charge is 2.53. The van der Waals surface area contributed by atoms with Gasteiger partial charge in [-0.25, -0.2) is 0 Å². The van der Waals surface area contributed by atoms with Gasteiger partial charge in [-0.15, -0.1) is 0 Å². The molecule has 1 spiro atoms. The number of ketones is 1. The lowest BCUT2D eigenvalue weighted by Crippen LogP contribution is -2.42. The first-order valence-electron chi connectivity index (χ1n) is 5.68. The van der Waals surface area contributed by atoms with E-state index >= 15 is 0 Å². The molecule has 2 fully saturated rings. The molecule has 15 heavy (non-hydrogen) atoms. The average Bonchev–Trinajstić information content (AvgIpc) is 2.44. The predicted molar refractivity (Wildman–Crippen MR) is 57.2 cm³/mol. The van der Waals surface area contributed by atoms with E-state index in [0.29, 0.717) is 12.3 Å². The zero-order valence-electron chi connectivity index (χ0n) is 8.78. The van der Waals surface area contributed by atoms with Gasteiger partial charge in [-0.1, -0.05) is 18.2 Å². The second-order valence-electron chi connectivity index (χ2n) is 5.38. The Hall–Kier alpha value is -0.890. The Bertz CT molecular complexity index is 369. The van der Waals surface area contributed by atoms with E-state index in [2.05, 4.69) is 12.7 Å². The summed E-state index contributed by atoms with van der Waals surface area (Å²) in [5.74, 6) is 0.792. The van der Waals surface area contributed by atoms with Crippen LogP contribution in [-0.4, -0.2) is 17.0 Å². The number of rotatable bonds is 0. The summed E-state index contributed by atoms with van der Waals surface area (Å²) in [7, 11) is 0. The summed E-state index contributed by atoms with van der Waals surface area (Å²) in [5.41, 5.74) is 1.34. The summed E-state index contributed by atoms with van der Waals surface area (Å²) >= 11 is 0. The summed E-state index contributed by atoms with van der Waals surface area (Å²) in [6.07, 6.45) is 6.86. The summed E-state index contributed by atoms with van der Waals surface area (Å²) in [4.78, 5) is 11.4. The van der Waals surface area contributed by atoms with Gasteiger partial charge in [0.1, 0.15) is 0 Å². The molecule has 80 valence electrons. The number of allylic oxidation sites excluding steroid dienone is 3. The number of aliphatic hydroxyl groups is 1. The zero-order chi connectivity index (χ0) is 10.6. The minimum Gasteiger partial charge on any atom is -0.393 e. The van der Waals surface area contributed by atoms with Gasteiger partial charge in [0.15, 0.2) is 5.78 Å². The van der Waals surface area contributed by atoms with Crippen LogP contribution in [0.2, 0.25) is 0 Å². The number of carbonyl (C=O) groups is 1. The Labute approximate surface area is 89.7 Å². The zero-order valence-corrected chi connectivity index (χ0v) is 8.78. The average molecular weight is 204 g/mol. The molecule has 3 rings (SSSR count). The first-order valence-corrected chi connectivity index (χ1v) is 5.68. The van der Waals surface area contributed by atoms with Crippen LogP contribution in [0.4, 0.5) is 0 Å². The van der Waals surface area contributed by atoms with E-state index in [9.17, 15) is 9.90 Å². The monoisotopic (exact) mass is 204 g/mol. The number of aliphatic hydroxyl groups excluding tert-OH is 1. The largest absolute Gasteiger partial charge is 0.393 e. The fraction of sp³-hybridized carbons (Fsp3) is 0.615. The van der Waals surface area contributed by atoms with Crippen molar-refractivity contribution in [3.63, 3.8) is 0 Å². The van der Waals surface area contributed by atoms with E-state index in [0.717, 1.165) is 19.3 Å². The van der Waals surface area contributed by atoms with E-state index in [1.165, 1.54) is 5.57 Å². The van der Waals surface area contributed by atoms with Gasteiger partial charge in [0.2, 0.25) is 0 Å². The van der Waals surface area contributed by atoms with Crippen molar-refractivity contribution in [2.45, 2.75) is 31.8 Å². The normalized spacial score (nSPS) is 48.2. The standard InChI is InChI=1S/C13H16O2/c1-8-6-13-3-2-10(14)5-11(13)12(15)4-9(8)7-13/h2-3,9,11-12,15H,1,4-7H2. The smallest absolute Gasteiger partial charge is 0.155 e. The third kappa shape index (κ3) is 1.18. The van der Waals surface area contributed by atoms with Crippen LogP contribution in [0.5, 0.6) is 0 Å². The van der Waals surface area contributed by atoms with E-state index in [-0.39, 0.29) is 23.2 Å². The van der Waals surface area contributed by atoms with Crippen molar-refractivity contribution in [1.29, 1.82) is 0 Å². The van der Waals surface area contributed by atoms with E-state index in [1.807, 2.05) is 0 Å². The molecule has 0 radical (unpaired) electrons. The van der Waals surface area contributed by atoms with Crippen molar-refractivity contribution < 1.29 is 9.90 Å². The predicted octanol–water partition coefficient (Wildman–Crippen LogP) is 1.85. The highest BCUT2D eigenvalue weighted by atomic mass is 16.3. The molecule has 3 aliphatic carbocycles. The molecule has 0 aromatic heterocycles. The fourth-order valence-electron chi connectivity index (χ4n) is 3.75. The maximum absolute atomic E-state index is 11.4. The Kier molecular flexibility index (Phi) is 1.76. The molecule has 0 aromatic carbocycles. The molecule has 0 aliphatic heterocycles. The van der Waals surface area contributed by atoms with Crippen molar-refractivity contribution in [3.05, 3.63) is 24.3 Å². The van der Waals surface area contributed by atoms with Crippen LogP contribution in [0, 0.1) is 17.3 Å². The van der Waals surface area contributed by atoms with E-state index in [1.54, 1.807) is 6.08 Å². The van der Waals surface area contributed by atoms with Crippen LogP contribution < -0.4 is 0 Å². The molecular formula is C13H16O2. The Morgan fingerprint density at radius 3 is 3.13 bits per heavy atom. The van der Waals surface area contributed by atoms with Crippen molar-refractivity contribution in [1.82, 2.24) is 0 Å². The molecule has 4 atom stereocenters. The first kappa shape index (κ1) is 9.34. The second-order valence-corrected chi connectivity index (χ2v) is 5.38. The minimum atomic E-state index is -0.308. The summed E-state index contributed by atoms with van der Waals surface area (Å²) < 4.78 is 0. The van der Waals surface area contributed by atoms with Crippen LogP contribution in [0.1, 0.15) is 25.7 Å². The lowest BCUT2D eigenvalue weighted by molar-refractivity contribution is -0.120. The third-order valence-electron chi connectivity index (χ3n) is 4.51. The lowest BCUT2D eigenvalue weighted by atomic mass is 9.62. The van der Waals surface area contributed by atoms with Crippen LogP contribution in [0.3, 0.4) is 0 Å². The maximum Gasteiger partial charge on any atom is 0.155 e. The maximum atomic E-state index is 11.4. The molecule has 0 amide bonds. The van der Waals surface area contributed by atoms with Crippen LogP contribution in [-0.2, 0) is 4.79 Å². The van der Waals surface area contributed by atoms with Gasteiger partial charge in [-0.05, 0) is 36.7 Å². The highest BCUT2D eigenvalue weighted by molar-refractivity contribution is 5.91. The molecule has 0 saturated heterocycles. The molecule has 0 aromatic rings. The Balaban J connectivity index is 2.05. The third-order valence-corrected chi connectivity index (χ3v) is 4.51. The van der Waals surface area contributed by atoms with Gasteiger partial charge in [-0.3, -0.25) is 4.79 Å². The van der Waals surface area contributed by atoms with Gasteiger partial charge in [0.25, 0.3) is 0 Å². The van der Waals surface area contributed by atoms with Gasteiger partial charge in [-0.2, -0.15) is 0 Å². The summed E-state index contributed by atoms with van der Waals surface area (Å²) in [5, 5.41) is 10.1. The van der Waals surface area contributed by atoms with Gasteiger partial charge in [0.05, 0.1) is 6.10 Å². The molecule has 3 aliphatic rings. The number of hydrogen-bond donors (Lipinski definition) is 1. The van der Waals surface area contributed by atoms with Crippen LogP contribution in [0.15, 0.2) is 24.3 Å². The Morgan fingerprint density at radius 2 is 2.33 bits per heavy atom. The quantitative estimate of drug-likeness (QED) is 0.611. The van der Waals surface area contributed by atoms with Crippen LogP contribution in [0.25, 0.3) is 0 Å². The molecule has 2 saturated carbocycles. The molecule has 0 heterocycles. The van der Waals surface area contributed by atoms with Gasteiger partial charge < -0.3 is 5.11 Å². The summed E-state index contributed by atoms with van der Waals surface area (Å²) in [6.45, 7) is 4.11. The van der Waals surface area contributed by atoms with Crippen molar-refractivity contribution in [2.75, 3.05) is 0 Å². The number of fused-ring (bicyclic) bond motifs is 1. The Morgan fingerprint density at radius 1 is 1.53 bits per heavy atom. The fourth-order valence-corrected chi connectivity index (χ4v) is 3.75. The molecule has 1 N–H and O–H groups in total. The number of hydrogen-bond acceptors (Lipinski definition) is 2. The number of carbonyl (C=O) groups excluding carboxylic acids is 1. The minimum absolute atomic E-state index is 0.0628. The van der Waals surface area contributed by atoms with Crippen molar-refractivity contribution >= 4 is 5.78 Å². The topological polar surface area (TPSA) is 37.3 Å². The summed E-state index contributed by atoms with van der Waals surface area (Å²) in [6, 6.07) is 0. The molecule has 2 heteroatoms. The lowest BCUT2D eigenvalue weighted by Gasteiger charge is -2.43. The second kappa shape index (κ2) is 2.82. The molecule has 2 bridgehead atoms. The molecule has 2 nitrogen and oxygen atoms in total. The molecular weight excluding hydrogens is 188 g/mol. The molecule has 4 unspecified atom stereocenters. The van der Waals surface area contributed by atoms with Crippen molar-refractivity contribution in [3.8, 4) is 0 Å². The van der Waals surface area contributed by atoms with E-state index in [4.69, 9.17) is 0 Å². The highest BCUT2D eigenvalue weighted by Crippen LogP contribution is 2.59. The van der Waals surface area contributed by atoms with Gasteiger partial charge in [0, 0.05) is 12.3 Å². The SMILES string of the molecule is C=C1CC23C=CC(=O)CC2C(O)CC1C3. The van der Waals surface area contributed by atoms with Crippen molar-refractivity contribution in [2.24, 2.45) is 17.3 Å².